The second kappa shape index (κ2) is 22.9. The maximum Gasteiger partial charge on any atom is 0.429 e. The smallest absolute Gasteiger partial charge is 0.429 e. The van der Waals surface area contributed by atoms with Crippen molar-refractivity contribution in [1.29, 1.82) is 0 Å². The molecule has 21 nitrogen and oxygen atoms in total. The Morgan fingerprint density at radius 3 is 1.87 bits per heavy atom. The monoisotopic (exact) mass is 805 g/mol. The quantitative estimate of drug-likeness (QED) is 0.0407. The van der Waals surface area contributed by atoms with Crippen LogP contribution < -0.4 is 26.7 Å². The number of rotatable bonds is 21. The number of nitrogens with one attached hydrogen (secondary N) is 5. The number of amides is 7. The maximum absolute atomic E-state index is 13.9. The van der Waals surface area contributed by atoms with Gasteiger partial charge in [0.05, 0.1) is 0 Å². The molecule has 1 saturated heterocycles. The Morgan fingerprint density at radius 1 is 0.818 bits per heavy atom. The summed E-state index contributed by atoms with van der Waals surface area (Å²) < 4.78 is 4.76. The summed E-state index contributed by atoms with van der Waals surface area (Å²) in [6.07, 6.45) is -1.81. The molecule has 0 saturated carbocycles. The summed E-state index contributed by atoms with van der Waals surface area (Å²) in [5.74, 6) is -13.7. The number of carboxylic acids is 3. The first-order chi connectivity index (χ1) is 25.7. The molecule has 0 spiro atoms. The number of aliphatic carboxylic acids is 3. The lowest BCUT2D eigenvalue weighted by Crippen LogP contribution is -2.61. The largest absolute Gasteiger partial charge is 0.481 e. The lowest BCUT2D eigenvalue weighted by molar-refractivity contribution is -0.156. The van der Waals surface area contributed by atoms with E-state index in [1.54, 1.807) is 20.8 Å². The predicted octanol–water partition coefficient (Wildman–Crippen LogP) is -0.635. The predicted molar refractivity (Wildman–Crippen MR) is 190 cm³/mol. The van der Waals surface area contributed by atoms with Crippen molar-refractivity contribution in [3.63, 3.8) is 0 Å². The molecule has 1 heterocycles. The SMILES string of the molecule is CCCN(NC(=O)[C@@H]1CCCN1C(=O)[C@@H](NC(=O)[C@@H](NC(=O)[C@H](CC(C(=O)O)C(=O)O)NC(=O)[C@H](CCC(=O)O)NC(C)=O)C(C)C)C(C)C)C(=O)OCCl. The molecule has 0 aliphatic carbocycles. The molecule has 0 radical (unpaired) electrons. The number of nitrogens with zero attached hydrogens (tertiary/aromatic N) is 2. The fourth-order valence-corrected chi connectivity index (χ4v) is 5.70. The van der Waals surface area contributed by atoms with E-state index in [-0.39, 0.29) is 19.5 Å². The van der Waals surface area contributed by atoms with Gasteiger partial charge in [-0.1, -0.05) is 46.2 Å². The molecule has 0 aromatic carbocycles. The molecule has 310 valence electrons. The highest BCUT2D eigenvalue weighted by Crippen LogP contribution is 2.21. The first-order valence-corrected chi connectivity index (χ1v) is 18.2. The summed E-state index contributed by atoms with van der Waals surface area (Å²) in [5.41, 5.74) is 2.45. The molecule has 5 atom stereocenters. The highest BCUT2D eigenvalue weighted by molar-refractivity contribution is 6.17. The number of hydrazine groups is 1. The Morgan fingerprint density at radius 2 is 1.38 bits per heavy atom. The van der Waals surface area contributed by atoms with Gasteiger partial charge in [-0.2, -0.15) is 0 Å². The Labute approximate surface area is 322 Å². The van der Waals surface area contributed by atoms with Gasteiger partial charge in [-0.15, -0.1) is 0 Å². The van der Waals surface area contributed by atoms with Crippen LogP contribution in [0.3, 0.4) is 0 Å². The van der Waals surface area contributed by atoms with Crippen LogP contribution in [0.25, 0.3) is 0 Å². The number of carboxylic acid groups (broad SMARTS) is 3. The van der Waals surface area contributed by atoms with Crippen molar-refractivity contribution in [3.8, 4) is 0 Å². The molecule has 1 aliphatic rings. The van der Waals surface area contributed by atoms with Crippen molar-refractivity contribution in [3.05, 3.63) is 0 Å². The van der Waals surface area contributed by atoms with E-state index in [9.17, 15) is 58.2 Å². The number of carbonyl (C=O) groups is 10. The van der Waals surface area contributed by atoms with Gasteiger partial charge in [0, 0.05) is 32.9 Å². The van der Waals surface area contributed by atoms with Gasteiger partial charge in [0.25, 0.3) is 5.91 Å². The molecule has 0 unspecified atom stereocenters. The molecule has 0 aromatic rings. The van der Waals surface area contributed by atoms with E-state index in [4.69, 9.17) is 21.4 Å². The summed E-state index contributed by atoms with van der Waals surface area (Å²) in [6, 6.07) is -7.58. The van der Waals surface area contributed by atoms with E-state index in [0.717, 1.165) is 11.9 Å². The summed E-state index contributed by atoms with van der Waals surface area (Å²) in [6.45, 7) is 9.34. The van der Waals surface area contributed by atoms with E-state index in [2.05, 4.69) is 26.7 Å². The van der Waals surface area contributed by atoms with Crippen molar-refractivity contribution in [2.24, 2.45) is 17.8 Å². The lowest BCUT2D eigenvalue weighted by Gasteiger charge is -2.33. The molecule has 0 bridgehead atoms. The summed E-state index contributed by atoms with van der Waals surface area (Å²) >= 11 is 5.49. The van der Waals surface area contributed by atoms with Crippen LogP contribution in [0.1, 0.15) is 80.1 Å². The second-order valence-corrected chi connectivity index (χ2v) is 13.7. The highest BCUT2D eigenvalue weighted by atomic mass is 35.5. The molecular weight excluding hydrogens is 754 g/mol. The number of hydrogen-bond donors (Lipinski definition) is 8. The van der Waals surface area contributed by atoms with Gasteiger partial charge in [0.15, 0.2) is 12.0 Å². The number of hydrogen-bond acceptors (Lipinski definition) is 11. The van der Waals surface area contributed by atoms with E-state index < -0.39 is 133 Å². The first kappa shape index (κ1) is 47.8. The number of halogens is 1. The second-order valence-electron chi connectivity index (χ2n) is 13.5. The van der Waals surface area contributed by atoms with Crippen molar-refractivity contribution in [2.45, 2.75) is 110 Å². The molecule has 1 aliphatic heterocycles. The van der Waals surface area contributed by atoms with Crippen LogP contribution in [0.2, 0.25) is 0 Å². The zero-order chi connectivity index (χ0) is 42.2. The highest BCUT2D eigenvalue weighted by Gasteiger charge is 2.41. The topological polar surface area (TPSA) is 307 Å². The van der Waals surface area contributed by atoms with E-state index in [1.165, 1.54) is 18.7 Å². The first-order valence-electron chi connectivity index (χ1n) is 17.6. The Hall–Kier alpha value is -5.21. The van der Waals surface area contributed by atoms with Gasteiger partial charge in [0.1, 0.15) is 30.2 Å². The van der Waals surface area contributed by atoms with Crippen molar-refractivity contribution >= 4 is 71.0 Å². The Kier molecular flexibility index (Phi) is 19.9. The number of ether oxygens (including phenoxy) is 1. The normalized spacial score (nSPS) is 16.0. The molecule has 55 heavy (non-hydrogen) atoms. The minimum atomic E-state index is -2.21. The Balaban J connectivity index is 3.35. The van der Waals surface area contributed by atoms with Gasteiger partial charge in [-0.3, -0.25) is 48.6 Å². The third-order valence-electron chi connectivity index (χ3n) is 8.45. The van der Waals surface area contributed by atoms with Gasteiger partial charge in [0.2, 0.25) is 29.5 Å². The summed E-state index contributed by atoms with van der Waals surface area (Å²) in [7, 11) is 0. The van der Waals surface area contributed by atoms with Gasteiger partial charge in [-0.05, 0) is 37.5 Å². The lowest BCUT2D eigenvalue weighted by atomic mass is 9.96. The van der Waals surface area contributed by atoms with Crippen LogP contribution in [0, 0.1) is 17.8 Å². The molecule has 1 rings (SSSR count). The zero-order valence-corrected chi connectivity index (χ0v) is 32.3. The third kappa shape index (κ3) is 15.2. The number of alkyl halides is 1. The Bertz CT molecular complexity index is 1430. The van der Waals surface area contributed by atoms with Gasteiger partial charge < -0.3 is 46.2 Å². The fourth-order valence-electron chi connectivity index (χ4n) is 5.60. The van der Waals surface area contributed by atoms with Crippen LogP contribution in [0.5, 0.6) is 0 Å². The van der Waals surface area contributed by atoms with Crippen LogP contribution in [-0.2, 0) is 47.9 Å². The van der Waals surface area contributed by atoms with Crippen LogP contribution >= 0.6 is 11.6 Å². The molecule has 1 fully saturated rings. The molecule has 7 amide bonds. The molecule has 22 heteroatoms. The fraction of sp³-hybridized carbons (Fsp3) is 0.697. The average Bonchev–Trinajstić information content (AvgIpc) is 3.58. The van der Waals surface area contributed by atoms with Crippen LogP contribution in [0.4, 0.5) is 4.79 Å². The van der Waals surface area contributed by atoms with Crippen LogP contribution in [-0.4, -0.2) is 134 Å². The van der Waals surface area contributed by atoms with Gasteiger partial charge in [-0.25, -0.2) is 9.80 Å². The summed E-state index contributed by atoms with van der Waals surface area (Å²) in [5, 5.41) is 38.4. The average molecular weight is 806 g/mol. The van der Waals surface area contributed by atoms with E-state index in [0.29, 0.717) is 12.8 Å². The molecule has 0 aromatic heterocycles. The van der Waals surface area contributed by atoms with Crippen molar-refractivity contribution in [1.82, 2.24) is 36.6 Å². The standard InChI is InChI=1S/C33H52ClN7O14/c1-7-12-41(33(54)55-15-34)39-28(47)22-9-8-13-40(22)30(49)25(17(4)5)38-29(48)24(16(2)3)37-27(46)21(14-19(31(50)51)32(52)53)36-26(45)20(35-18(6)42)10-11-23(43)44/h16-17,19-22,24-25H,7-15H2,1-6H3,(H,35,42)(H,36,45)(H,37,46)(H,38,48)(H,39,47)(H,43,44)(H,50,51)(H,52,53)/t20-,21-,22-,24-,25-/m0/s1. The van der Waals surface area contributed by atoms with E-state index in [1.807, 2.05) is 0 Å². The number of carbonyl (C=O) groups excluding carboxylic acids is 7. The molecule has 8 N–H and O–H groups in total. The minimum absolute atomic E-state index is 0.0908. The van der Waals surface area contributed by atoms with Gasteiger partial charge >= 0.3 is 24.0 Å². The maximum atomic E-state index is 13.9. The zero-order valence-electron chi connectivity index (χ0n) is 31.6. The van der Waals surface area contributed by atoms with Crippen molar-refractivity contribution in [2.75, 3.05) is 19.2 Å². The van der Waals surface area contributed by atoms with Crippen molar-refractivity contribution < 1.29 is 68.0 Å². The molecular formula is C33H52ClN7O14. The third-order valence-corrected chi connectivity index (χ3v) is 8.56. The van der Waals surface area contributed by atoms with E-state index >= 15 is 0 Å². The minimum Gasteiger partial charge on any atom is -0.481 e. The summed E-state index contributed by atoms with van der Waals surface area (Å²) in [4.78, 5) is 128. The number of likely N-dealkylation sites (tertiary alicyclic amines) is 1. The van der Waals surface area contributed by atoms with Crippen LogP contribution in [0.15, 0.2) is 0 Å².